The van der Waals surface area contributed by atoms with Crippen molar-refractivity contribution in [3.8, 4) is 0 Å². The van der Waals surface area contributed by atoms with Crippen molar-refractivity contribution < 1.29 is 4.79 Å². The molecule has 0 N–H and O–H groups in total. The molecule has 1 nitrogen and oxygen atoms in total. The molecule has 0 amide bonds. The minimum atomic E-state index is 0.745. The van der Waals surface area contributed by atoms with Gasteiger partial charge in [-0.05, 0) is 13.0 Å². The Balaban J connectivity index is 0.000000354. The molecular weight excluding hydrogens is 148 g/mol. The van der Waals surface area contributed by atoms with Gasteiger partial charge in [0.25, 0.3) is 0 Å². The fourth-order valence-electron chi connectivity index (χ4n) is 0.743. The molecule has 12 heavy (non-hydrogen) atoms. The van der Waals surface area contributed by atoms with E-state index in [9.17, 15) is 4.79 Å². The summed E-state index contributed by atoms with van der Waals surface area (Å²) in [6.07, 6.45) is 2.10. The first-order valence-electron chi connectivity index (χ1n) is 4.26. The van der Waals surface area contributed by atoms with Gasteiger partial charge in [-0.15, -0.1) is 0 Å². The van der Waals surface area contributed by atoms with E-state index in [2.05, 4.69) is 13.8 Å². The van der Waals surface area contributed by atoms with Gasteiger partial charge in [-0.3, -0.25) is 4.79 Å². The molecule has 1 heteroatoms. The lowest BCUT2D eigenvalue weighted by molar-refractivity contribution is 0.112. The van der Waals surface area contributed by atoms with Crippen LogP contribution in [-0.2, 0) is 0 Å². The van der Waals surface area contributed by atoms with Crippen LogP contribution in [0.15, 0.2) is 24.3 Å². The molecule has 1 aromatic rings. The number of carbonyl (C=O) groups excluding carboxylic acids is 1. The summed E-state index contributed by atoms with van der Waals surface area (Å²) < 4.78 is 0. The summed E-state index contributed by atoms with van der Waals surface area (Å²) in [5.41, 5.74) is 1.87. The Morgan fingerprint density at radius 3 is 2.25 bits per heavy atom. The van der Waals surface area contributed by atoms with Crippen molar-refractivity contribution in [3.63, 3.8) is 0 Å². The van der Waals surface area contributed by atoms with Gasteiger partial charge in [-0.2, -0.15) is 0 Å². The van der Waals surface area contributed by atoms with E-state index >= 15 is 0 Å². The molecule has 0 aliphatic carbocycles. The van der Waals surface area contributed by atoms with Crippen molar-refractivity contribution >= 4 is 6.29 Å². The summed E-state index contributed by atoms with van der Waals surface area (Å²) in [5.74, 6) is 0. The van der Waals surface area contributed by atoms with Gasteiger partial charge >= 0.3 is 0 Å². The molecule has 0 bridgehead atoms. The van der Waals surface area contributed by atoms with Gasteiger partial charge in [0.1, 0.15) is 6.29 Å². The highest BCUT2D eigenvalue weighted by Crippen LogP contribution is 1.99. The topological polar surface area (TPSA) is 17.1 Å². The first-order valence-corrected chi connectivity index (χ1v) is 4.26. The Hall–Kier alpha value is -1.11. The van der Waals surface area contributed by atoms with Crippen LogP contribution in [0, 0.1) is 6.92 Å². The highest BCUT2D eigenvalue weighted by Gasteiger charge is 1.86. The van der Waals surface area contributed by atoms with E-state index in [1.165, 1.54) is 6.42 Å². The van der Waals surface area contributed by atoms with Gasteiger partial charge in [0.05, 0.1) is 0 Å². The molecule has 0 aliphatic heterocycles. The lowest BCUT2D eigenvalue weighted by Crippen LogP contribution is -1.78. The molecule has 0 saturated heterocycles. The van der Waals surface area contributed by atoms with Crippen LogP contribution in [0.4, 0.5) is 0 Å². The number of aldehydes is 1. The molecule has 0 atom stereocenters. The minimum Gasteiger partial charge on any atom is -0.298 e. The highest BCUT2D eigenvalue weighted by atomic mass is 16.1. The number of rotatable bonds is 1. The summed E-state index contributed by atoms with van der Waals surface area (Å²) in [7, 11) is 0. The third-order valence-electron chi connectivity index (χ3n) is 1.18. The molecule has 0 aromatic heterocycles. The van der Waals surface area contributed by atoms with Gasteiger partial charge in [0.2, 0.25) is 0 Å². The fourth-order valence-corrected chi connectivity index (χ4v) is 0.743. The number of carbonyl (C=O) groups is 1. The van der Waals surface area contributed by atoms with Crippen molar-refractivity contribution in [1.82, 2.24) is 0 Å². The molecule has 0 spiro atoms. The van der Waals surface area contributed by atoms with E-state index in [4.69, 9.17) is 0 Å². The maximum atomic E-state index is 10.2. The van der Waals surface area contributed by atoms with Crippen LogP contribution < -0.4 is 0 Å². The van der Waals surface area contributed by atoms with E-state index in [-0.39, 0.29) is 0 Å². The van der Waals surface area contributed by atoms with Crippen LogP contribution in [0.3, 0.4) is 0 Å². The van der Waals surface area contributed by atoms with Crippen LogP contribution in [0.1, 0.15) is 36.2 Å². The van der Waals surface area contributed by atoms with Crippen molar-refractivity contribution in [3.05, 3.63) is 35.4 Å². The quantitative estimate of drug-likeness (QED) is 0.582. The van der Waals surface area contributed by atoms with Gasteiger partial charge in [0.15, 0.2) is 0 Å². The van der Waals surface area contributed by atoms with Crippen molar-refractivity contribution in [2.45, 2.75) is 27.2 Å². The van der Waals surface area contributed by atoms with E-state index in [0.29, 0.717) is 0 Å². The Morgan fingerprint density at radius 2 is 1.92 bits per heavy atom. The third kappa shape index (κ3) is 4.67. The average Bonchev–Trinajstić information content (AvgIpc) is 2.06. The lowest BCUT2D eigenvalue weighted by Gasteiger charge is -1.89. The molecule has 1 rings (SSSR count). The molecular formula is C11H16O. The first-order chi connectivity index (χ1) is 5.74. The third-order valence-corrected chi connectivity index (χ3v) is 1.18. The van der Waals surface area contributed by atoms with Crippen LogP contribution in [0.25, 0.3) is 0 Å². The summed E-state index contributed by atoms with van der Waals surface area (Å²) in [5, 5.41) is 0. The van der Waals surface area contributed by atoms with Gasteiger partial charge in [-0.25, -0.2) is 0 Å². The zero-order valence-corrected chi connectivity index (χ0v) is 8.00. The Morgan fingerprint density at radius 1 is 1.33 bits per heavy atom. The highest BCUT2D eigenvalue weighted by molar-refractivity contribution is 5.74. The standard InChI is InChI=1S/C8H8O.C3H8/c1-7-3-2-4-8(5-7)6-9;1-3-2/h2-6H,1H3;3H2,1-2H3. The predicted octanol–water partition coefficient (Wildman–Crippen LogP) is 3.22. The van der Waals surface area contributed by atoms with Gasteiger partial charge in [-0.1, -0.05) is 44.0 Å². The monoisotopic (exact) mass is 164 g/mol. The maximum Gasteiger partial charge on any atom is 0.150 e. The number of aryl methyl sites for hydroxylation is 1. The first kappa shape index (κ1) is 10.9. The van der Waals surface area contributed by atoms with Gasteiger partial charge < -0.3 is 0 Å². The predicted molar refractivity (Wildman–Crippen MR) is 52.5 cm³/mol. The second kappa shape index (κ2) is 6.59. The van der Waals surface area contributed by atoms with E-state index < -0.39 is 0 Å². The summed E-state index contributed by atoms with van der Waals surface area (Å²) >= 11 is 0. The molecule has 0 saturated carbocycles. The van der Waals surface area contributed by atoms with Crippen molar-refractivity contribution in [1.29, 1.82) is 0 Å². The van der Waals surface area contributed by atoms with Crippen LogP contribution >= 0.6 is 0 Å². The Bertz CT molecular complexity index is 228. The molecule has 66 valence electrons. The molecule has 0 heterocycles. The summed E-state index contributed by atoms with van der Waals surface area (Å²) in [4.78, 5) is 10.2. The molecule has 0 aliphatic rings. The summed E-state index contributed by atoms with van der Waals surface area (Å²) in [6.45, 7) is 6.22. The molecule has 0 radical (unpaired) electrons. The Kier molecular flexibility index (Phi) is 5.98. The lowest BCUT2D eigenvalue weighted by atomic mass is 10.2. The Labute approximate surface area is 74.4 Å². The van der Waals surface area contributed by atoms with Crippen LogP contribution in [-0.4, -0.2) is 6.29 Å². The summed E-state index contributed by atoms with van der Waals surface area (Å²) in [6, 6.07) is 7.49. The van der Waals surface area contributed by atoms with E-state index in [1.807, 2.05) is 25.1 Å². The normalized spacial score (nSPS) is 8.25. The van der Waals surface area contributed by atoms with E-state index in [1.54, 1.807) is 6.07 Å². The zero-order chi connectivity index (χ0) is 9.40. The maximum absolute atomic E-state index is 10.2. The van der Waals surface area contributed by atoms with Crippen molar-refractivity contribution in [2.75, 3.05) is 0 Å². The number of benzene rings is 1. The van der Waals surface area contributed by atoms with Crippen LogP contribution in [0.5, 0.6) is 0 Å². The molecule has 0 unspecified atom stereocenters. The average molecular weight is 164 g/mol. The number of hydrogen-bond donors (Lipinski definition) is 0. The largest absolute Gasteiger partial charge is 0.298 e. The van der Waals surface area contributed by atoms with Gasteiger partial charge in [0, 0.05) is 5.56 Å². The fraction of sp³-hybridized carbons (Fsp3) is 0.364. The molecule has 0 fully saturated rings. The second-order valence-electron chi connectivity index (χ2n) is 2.74. The second-order valence-corrected chi connectivity index (χ2v) is 2.74. The zero-order valence-electron chi connectivity index (χ0n) is 8.00. The number of hydrogen-bond acceptors (Lipinski definition) is 1. The van der Waals surface area contributed by atoms with Crippen molar-refractivity contribution in [2.24, 2.45) is 0 Å². The minimum absolute atomic E-state index is 0.745. The van der Waals surface area contributed by atoms with Crippen LogP contribution in [0.2, 0.25) is 0 Å². The smallest absolute Gasteiger partial charge is 0.150 e. The van der Waals surface area contributed by atoms with E-state index in [0.717, 1.165) is 17.4 Å². The molecule has 1 aromatic carbocycles. The SMILES string of the molecule is CCC.Cc1cccc(C=O)c1.